The molecule has 0 saturated carbocycles. The predicted octanol–water partition coefficient (Wildman–Crippen LogP) is 1.51. The van der Waals surface area contributed by atoms with E-state index >= 15 is 0 Å². The third-order valence-electron chi connectivity index (χ3n) is 1.97. The van der Waals surface area contributed by atoms with Crippen LogP contribution in [-0.4, -0.2) is 4.98 Å². The number of aromatic nitrogens is 1. The van der Waals surface area contributed by atoms with E-state index in [1.165, 1.54) is 0 Å². The molecule has 0 aliphatic rings. The van der Waals surface area contributed by atoms with Crippen LogP contribution >= 0.6 is 23.2 Å². The van der Waals surface area contributed by atoms with Gasteiger partial charge in [0, 0.05) is 10.0 Å². The average Bonchev–Trinajstić information content (AvgIpc) is 2.51. The number of hydrogen-bond donors (Lipinski definition) is 1. The van der Waals surface area contributed by atoms with Gasteiger partial charge in [0.25, 0.3) is 0 Å². The number of benzene rings is 1. The van der Waals surface area contributed by atoms with E-state index in [0.29, 0.717) is 15.6 Å². The van der Waals surface area contributed by atoms with E-state index in [0.717, 1.165) is 0 Å². The third-order valence-corrected chi connectivity index (χ3v) is 2.55. The molecule has 0 unspecified atom stereocenters. The summed E-state index contributed by atoms with van der Waals surface area (Å²) in [6.45, 7) is 3.48. The monoisotopic (exact) mass is 255 g/mol. The van der Waals surface area contributed by atoms with Gasteiger partial charge in [-0.1, -0.05) is 23.2 Å². The van der Waals surface area contributed by atoms with Crippen molar-refractivity contribution in [2.75, 3.05) is 0 Å². The van der Waals surface area contributed by atoms with Crippen LogP contribution in [0.4, 0.5) is 0 Å². The van der Waals surface area contributed by atoms with Crippen LogP contribution in [0.2, 0.25) is 10.0 Å². The van der Waals surface area contributed by atoms with E-state index in [1.54, 1.807) is 24.3 Å². The van der Waals surface area contributed by atoms with Gasteiger partial charge in [-0.15, -0.1) is 0 Å². The zero-order valence-corrected chi connectivity index (χ0v) is 9.60. The summed E-state index contributed by atoms with van der Waals surface area (Å²) in [4.78, 5) is 14.0. The summed E-state index contributed by atoms with van der Waals surface area (Å²) >= 11 is 11.8. The highest BCUT2D eigenvalue weighted by atomic mass is 35.5. The normalized spacial score (nSPS) is 12.0. The van der Waals surface area contributed by atoms with E-state index in [9.17, 15) is 4.79 Å². The van der Waals surface area contributed by atoms with Crippen LogP contribution in [0.25, 0.3) is 12.7 Å². The van der Waals surface area contributed by atoms with Crippen molar-refractivity contribution in [3.8, 4) is 0 Å². The van der Waals surface area contributed by atoms with Crippen molar-refractivity contribution >= 4 is 35.9 Å². The van der Waals surface area contributed by atoms with Crippen molar-refractivity contribution in [2.45, 2.75) is 0 Å². The highest BCUT2D eigenvalue weighted by Crippen LogP contribution is 2.20. The highest BCUT2D eigenvalue weighted by Gasteiger charge is 2.00. The Morgan fingerprint density at radius 1 is 1.38 bits per heavy atom. The van der Waals surface area contributed by atoms with Gasteiger partial charge >= 0.3 is 5.63 Å². The zero-order chi connectivity index (χ0) is 11.7. The molecule has 1 aromatic heterocycles. The maximum atomic E-state index is 11.3. The number of oxazole rings is 1. The largest absolute Gasteiger partial charge is 0.405 e. The van der Waals surface area contributed by atoms with Gasteiger partial charge in [-0.05, 0) is 36.4 Å². The average molecular weight is 256 g/mol. The molecule has 82 valence electrons. The first-order valence-corrected chi connectivity index (χ1v) is 5.17. The number of aromatic amines is 1. The van der Waals surface area contributed by atoms with Gasteiger partial charge in [0.15, 0.2) is 5.55 Å². The van der Waals surface area contributed by atoms with Crippen molar-refractivity contribution in [1.82, 2.24) is 4.98 Å². The summed E-state index contributed by atoms with van der Waals surface area (Å²) < 4.78 is 4.73. The van der Waals surface area contributed by atoms with Crippen LogP contribution in [0.3, 0.4) is 0 Å². The zero-order valence-electron chi connectivity index (χ0n) is 8.09. The molecule has 0 fully saturated rings. The number of halogens is 2. The molecule has 0 aliphatic heterocycles. The minimum Gasteiger partial charge on any atom is -0.405 e. The lowest BCUT2D eigenvalue weighted by Crippen LogP contribution is -2.21. The van der Waals surface area contributed by atoms with Crippen LogP contribution in [0.5, 0.6) is 0 Å². The Kier molecular flexibility index (Phi) is 2.90. The maximum absolute atomic E-state index is 11.3. The Labute approximate surface area is 101 Å². The van der Waals surface area contributed by atoms with Gasteiger partial charge in [0.05, 0.1) is 0 Å². The van der Waals surface area contributed by atoms with Crippen molar-refractivity contribution in [2.24, 2.45) is 0 Å². The van der Waals surface area contributed by atoms with E-state index in [2.05, 4.69) is 11.6 Å². The lowest BCUT2D eigenvalue weighted by molar-refractivity contribution is 0.488. The van der Waals surface area contributed by atoms with Gasteiger partial charge in [-0.2, -0.15) is 0 Å². The summed E-state index contributed by atoms with van der Waals surface area (Å²) in [7, 11) is 0. The molecule has 1 N–H and O–H groups in total. The maximum Gasteiger partial charge on any atom is 0.361 e. The van der Waals surface area contributed by atoms with E-state index in [4.69, 9.17) is 27.6 Å². The summed E-state index contributed by atoms with van der Waals surface area (Å²) in [6.07, 6.45) is 1.56. The molecular formula is C11H7Cl2NO2. The third kappa shape index (κ3) is 2.21. The van der Waals surface area contributed by atoms with E-state index in [-0.39, 0.29) is 10.9 Å². The molecule has 16 heavy (non-hydrogen) atoms. The molecule has 0 saturated heterocycles. The molecule has 2 rings (SSSR count). The topological polar surface area (TPSA) is 46.0 Å². The summed E-state index contributed by atoms with van der Waals surface area (Å²) in [5.41, 5.74) is 0.360. The Morgan fingerprint density at radius 2 is 2.12 bits per heavy atom. The first-order valence-electron chi connectivity index (χ1n) is 4.41. The summed E-state index contributed by atoms with van der Waals surface area (Å²) in [5, 5.41) is 1.33. The summed E-state index contributed by atoms with van der Waals surface area (Å²) in [5.74, 6) is 0. The lowest BCUT2D eigenvalue weighted by Gasteiger charge is -1.97. The van der Waals surface area contributed by atoms with Crippen molar-refractivity contribution in [1.29, 1.82) is 0 Å². The van der Waals surface area contributed by atoms with Crippen LogP contribution in [-0.2, 0) is 0 Å². The molecule has 3 nitrogen and oxygen atoms in total. The van der Waals surface area contributed by atoms with Crippen LogP contribution in [0.15, 0.2) is 27.4 Å². The van der Waals surface area contributed by atoms with E-state index < -0.39 is 5.63 Å². The molecule has 0 radical (unpaired) electrons. The number of hydrogen-bond acceptors (Lipinski definition) is 2. The predicted molar refractivity (Wildman–Crippen MR) is 64.1 cm³/mol. The van der Waals surface area contributed by atoms with Crippen molar-refractivity contribution < 1.29 is 4.42 Å². The fourth-order valence-corrected chi connectivity index (χ4v) is 1.62. The Bertz CT molecular complexity index is 685. The lowest BCUT2D eigenvalue weighted by atomic mass is 10.2. The van der Waals surface area contributed by atoms with Crippen molar-refractivity contribution in [3.63, 3.8) is 0 Å². The number of nitrogens with one attached hydrogen (secondary N) is 1. The van der Waals surface area contributed by atoms with Gasteiger partial charge < -0.3 is 9.40 Å². The Morgan fingerprint density at radius 3 is 2.75 bits per heavy atom. The number of H-pyrrole nitrogens is 1. The molecule has 0 atom stereocenters. The smallest absolute Gasteiger partial charge is 0.361 e. The fraction of sp³-hybridized carbons (Fsp3) is 0. The molecule has 1 aromatic carbocycles. The second-order valence-corrected chi connectivity index (χ2v) is 4.01. The molecule has 2 aromatic rings. The molecule has 0 bridgehead atoms. The minimum absolute atomic E-state index is 0.203. The standard InChI is InChI=1S/C11H7Cl2NO2/c1-6-14-10(11(15)16-6)5-7-4-8(12)2-3-9(7)13/h2-5,14H,1H2/b10-5-. The Hall–Kier alpha value is -1.45. The second kappa shape index (κ2) is 4.20. The van der Waals surface area contributed by atoms with Gasteiger partial charge in [0.2, 0.25) is 0 Å². The molecule has 0 amide bonds. The van der Waals surface area contributed by atoms with Gasteiger partial charge in [-0.3, -0.25) is 0 Å². The second-order valence-electron chi connectivity index (χ2n) is 3.16. The molecule has 5 heteroatoms. The molecular weight excluding hydrogens is 249 g/mol. The van der Waals surface area contributed by atoms with Gasteiger partial charge in [-0.25, -0.2) is 4.79 Å². The fourth-order valence-electron chi connectivity index (χ4n) is 1.27. The summed E-state index contributed by atoms with van der Waals surface area (Å²) in [6, 6.07) is 4.99. The van der Waals surface area contributed by atoms with E-state index in [1.807, 2.05) is 0 Å². The first kappa shape index (κ1) is 11.0. The highest BCUT2D eigenvalue weighted by molar-refractivity contribution is 6.34. The number of rotatable bonds is 1. The van der Waals surface area contributed by atoms with Gasteiger partial charge in [0.1, 0.15) is 5.35 Å². The first-order chi connectivity index (χ1) is 7.56. The Balaban J connectivity index is 2.67. The van der Waals surface area contributed by atoms with Crippen molar-refractivity contribution in [3.05, 3.63) is 55.1 Å². The SMILES string of the molecule is C=c1[nH]/c(=C\c2cc(Cl)ccc2Cl)c(=O)o1. The molecule has 0 aliphatic carbocycles. The van der Waals surface area contributed by atoms with Crippen LogP contribution in [0.1, 0.15) is 5.56 Å². The minimum atomic E-state index is -0.485. The van der Waals surface area contributed by atoms with Crippen LogP contribution < -0.4 is 16.5 Å². The molecule has 1 heterocycles. The van der Waals surface area contributed by atoms with Crippen LogP contribution in [0, 0.1) is 0 Å². The quantitative estimate of drug-likeness (QED) is 0.840. The molecule has 0 spiro atoms.